The molecule has 9 nitrogen and oxygen atoms in total. The van der Waals surface area contributed by atoms with Crippen LogP contribution in [0.1, 0.15) is 56.3 Å². The number of aryl methyl sites for hydroxylation is 2. The number of aromatic amines is 1. The Morgan fingerprint density at radius 1 is 1.09 bits per heavy atom. The molecule has 1 saturated carbocycles. The first-order valence-electron chi connectivity index (χ1n) is 11.5. The van der Waals surface area contributed by atoms with Gasteiger partial charge in [0.1, 0.15) is 0 Å². The van der Waals surface area contributed by atoms with Gasteiger partial charge in [0.25, 0.3) is 5.56 Å². The maximum absolute atomic E-state index is 13.1. The molecule has 4 aromatic rings. The van der Waals surface area contributed by atoms with Crippen molar-refractivity contribution in [2.45, 2.75) is 64.0 Å². The van der Waals surface area contributed by atoms with Gasteiger partial charge in [0.05, 0.1) is 5.41 Å². The van der Waals surface area contributed by atoms with Gasteiger partial charge in [-0.2, -0.15) is 9.97 Å². The molecule has 0 spiro atoms. The number of imidazole rings is 1. The number of nitrogens with zero attached hydrogens (tertiary/aromatic N) is 5. The molecule has 184 valence electrons. The van der Waals surface area contributed by atoms with Gasteiger partial charge in [0.2, 0.25) is 11.2 Å². The summed E-state index contributed by atoms with van der Waals surface area (Å²) in [5, 5.41) is 5.43. The molecule has 1 N–H and O–H groups in total. The fourth-order valence-corrected chi connectivity index (χ4v) is 5.17. The molecule has 5 rings (SSSR count). The van der Waals surface area contributed by atoms with Crippen molar-refractivity contribution in [2.24, 2.45) is 0 Å². The number of unbranched alkanes of at least 4 members (excludes halogenated alkanes) is 1. The average molecular weight is 538 g/mol. The van der Waals surface area contributed by atoms with Crippen LogP contribution >= 0.6 is 34.8 Å². The van der Waals surface area contributed by atoms with E-state index in [0.717, 1.165) is 31.2 Å². The lowest BCUT2D eigenvalue weighted by molar-refractivity contribution is 0.364. The van der Waals surface area contributed by atoms with Crippen LogP contribution in [0.15, 0.2) is 32.3 Å². The Bertz CT molecular complexity index is 1520. The van der Waals surface area contributed by atoms with E-state index in [-0.39, 0.29) is 28.4 Å². The summed E-state index contributed by atoms with van der Waals surface area (Å²) in [6.07, 6.45) is 4.29. The van der Waals surface area contributed by atoms with Crippen LogP contribution in [-0.4, -0.2) is 29.2 Å². The smallest absolute Gasteiger partial charge is 0.332 e. The predicted molar refractivity (Wildman–Crippen MR) is 134 cm³/mol. The first-order chi connectivity index (χ1) is 16.8. The number of aromatic nitrogens is 6. The van der Waals surface area contributed by atoms with Crippen molar-refractivity contribution in [3.63, 3.8) is 0 Å². The summed E-state index contributed by atoms with van der Waals surface area (Å²) in [5.41, 5.74) is 0.227. The molecule has 0 amide bonds. The first kappa shape index (κ1) is 24.1. The summed E-state index contributed by atoms with van der Waals surface area (Å²) in [7, 11) is 0. The number of benzene rings is 1. The van der Waals surface area contributed by atoms with Crippen molar-refractivity contribution >= 4 is 46.0 Å². The molecule has 35 heavy (non-hydrogen) atoms. The lowest BCUT2D eigenvalue weighted by atomic mass is 9.95. The average Bonchev–Trinajstić information content (AvgIpc) is 3.30. The van der Waals surface area contributed by atoms with E-state index < -0.39 is 11.2 Å². The molecular weight excluding hydrogens is 515 g/mol. The minimum Gasteiger partial charge on any atom is -0.339 e. The molecular formula is C23H23Cl3N6O3. The van der Waals surface area contributed by atoms with E-state index in [9.17, 15) is 9.59 Å². The van der Waals surface area contributed by atoms with Gasteiger partial charge >= 0.3 is 5.69 Å². The second-order valence-electron chi connectivity index (χ2n) is 8.79. The van der Waals surface area contributed by atoms with Crippen molar-refractivity contribution in [3.05, 3.63) is 71.6 Å². The van der Waals surface area contributed by atoms with Gasteiger partial charge in [-0.1, -0.05) is 47.8 Å². The second-order valence-corrected chi connectivity index (χ2v) is 9.99. The molecule has 0 atom stereocenters. The van der Waals surface area contributed by atoms with Gasteiger partial charge in [-0.05, 0) is 55.0 Å². The molecule has 3 heterocycles. The third-order valence-electron chi connectivity index (χ3n) is 6.43. The van der Waals surface area contributed by atoms with Crippen LogP contribution in [0.2, 0.25) is 15.3 Å². The lowest BCUT2D eigenvalue weighted by Gasteiger charge is -2.13. The molecule has 1 aromatic carbocycles. The van der Waals surface area contributed by atoms with Gasteiger partial charge in [-0.25, -0.2) is 4.79 Å². The minimum atomic E-state index is -0.447. The zero-order valence-corrected chi connectivity index (χ0v) is 21.3. The minimum absolute atomic E-state index is 0.0766. The highest BCUT2D eigenvalue weighted by Crippen LogP contribution is 2.54. The Hall–Kier alpha value is -2.62. The number of hydrogen-bond donors (Lipinski definition) is 1. The number of H-pyrrole nitrogens is 1. The van der Waals surface area contributed by atoms with Gasteiger partial charge in [-0.3, -0.25) is 13.9 Å². The fourth-order valence-electron chi connectivity index (χ4n) is 4.41. The van der Waals surface area contributed by atoms with Gasteiger partial charge in [0.15, 0.2) is 17.0 Å². The number of halogens is 3. The van der Waals surface area contributed by atoms with Crippen LogP contribution in [0.25, 0.3) is 11.2 Å². The Labute approximate surface area is 215 Å². The largest absolute Gasteiger partial charge is 0.339 e. The molecule has 1 aliphatic rings. The van der Waals surface area contributed by atoms with Crippen LogP contribution in [0.5, 0.6) is 0 Å². The van der Waals surface area contributed by atoms with Crippen molar-refractivity contribution in [2.75, 3.05) is 0 Å². The summed E-state index contributed by atoms with van der Waals surface area (Å²) < 4.78 is 8.20. The molecule has 1 fully saturated rings. The predicted octanol–water partition coefficient (Wildman–Crippen LogP) is 4.74. The molecule has 0 radical (unpaired) electrons. The highest BCUT2D eigenvalue weighted by Gasteiger charge is 2.51. The maximum atomic E-state index is 13.1. The topological polar surface area (TPSA) is 112 Å². The highest BCUT2D eigenvalue weighted by atomic mass is 35.5. The normalized spacial score (nSPS) is 14.6. The maximum Gasteiger partial charge on any atom is 0.332 e. The molecule has 0 unspecified atom stereocenters. The molecule has 1 aliphatic carbocycles. The van der Waals surface area contributed by atoms with E-state index in [1.165, 1.54) is 9.13 Å². The Morgan fingerprint density at radius 2 is 1.86 bits per heavy atom. The summed E-state index contributed by atoms with van der Waals surface area (Å²) in [6.45, 7) is 2.68. The number of nitrogens with one attached hydrogen (secondary N) is 1. The summed E-state index contributed by atoms with van der Waals surface area (Å²) in [6, 6.07) is 5.42. The summed E-state index contributed by atoms with van der Waals surface area (Å²) >= 11 is 18.5. The Balaban J connectivity index is 1.35. The summed E-state index contributed by atoms with van der Waals surface area (Å²) in [4.78, 5) is 37.5. The van der Waals surface area contributed by atoms with Crippen LogP contribution < -0.4 is 11.2 Å². The zero-order chi connectivity index (χ0) is 24.7. The van der Waals surface area contributed by atoms with Crippen molar-refractivity contribution in [1.29, 1.82) is 0 Å². The number of rotatable bonds is 9. The Kier molecular flexibility index (Phi) is 6.50. The van der Waals surface area contributed by atoms with E-state index in [2.05, 4.69) is 20.1 Å². The zero-order valence-electron chi connectivity index (χ0n) is 19.0. The van der Waals surface area contributed by atoms with Crippen molar-refractivity contribution < 1.29 is 4.52 Å². The van der Waals surface area contributed by atoms with Gasteiger partial charge in [0, 0.05) is 29.6 Å². The lowest BCUT2D eigenvalue weighted by Crippen LogP contribution is -2.40. The van der Waals surface area contributed by atoms with Crippen LogP contribution in [0.4, 0.5) is 0 Å². The van der Waals surface area contributed by atoms with E-state index in [4.69, 9.17) is 39.3 Å². The van der Waals surface area contributed by atoms with Gasteiger partial charge in [-0.15, -0.1) is 0 Å². The molecule has 3 aromatic heterocycles. The fraction of sp³-hybridized carbons (Fsp3) is 0.435. The van der Waals surface area contributed by atoms with E-state index in [1.54, 1.807) is 12.1 Å². The van der Waals surface area contributed by atoms with Gasteiger partial charge < -0.3 is 9.51 Å². The number of hydrogen-bond acceptors (Lipinski definition) is 6. The third-order valence-corrected chi connectivity index (χ3v) is 7.16. The van der Waals surface area contributed by atoms with E-state index >= 15 is 0 Å². The quantitative estimate of drug-likeness (QED) is 0.309. The third kappa shape index (κ3) is 4.41. The number of fused-ring (bicyclic) bond motifs is 1. The standard InChI is InChI=1S/C23H23Cl3N6O3/c1-2-3-10-31-18-17(28-21(26)29-18)19(33)32(22(31)34)11-4-5-16-27-20(30-35-16)23(8-9-23)14-7-6-13(24)12-15(14)25/h6-7,12H,2-5,8-11H2,1H3,(H,28,29). The highest BCUT2D eigenvalue weighted by molar-refractivity contribution is 6.35. The van der Waals surface area contributed by atoms with Crippen LogP contribution in [-0.2, 0) is 24.9 Å². The molecule has 12 heteroatoms. The van der Waals surface area contributed by atoms with Crippen LogP contribution in [0.3, 0.4) is 0 Å². The van der Waals surface area contributed by atoms with Crippen LogP contribution in [0, 0.1) is 0 Å². The molecule has 0 saturated heterocycles. The van der Waals surface area contributed by atoms with E-state index in [1.807, 2.05) is 13.0 Å². The van der Waals surface area contributed by atoms with Crippen molar-refractivity contribution in [1.82, 2.24) is 29.2 Å². The Morgan fingerprint density at radius 3 is 2.57 bits per heavy atom. The second kappa shape index (κ2) is 9.44. The molecule has 0 bridgehead atoms. The first-order valence-corrected chi connectivity index (χ1v) is 12.6. The SMILES string of the molecule is CCCCn1c(=O)n(CCCc2nc(C3(c4ccc(Cl)cc4Cl)CC3)no2)c(=O)c2[nH]c(Cl)nc21. The monoisotopic (exact) mass is 536 g/mol. The molecule has 0 aliphatic heterocycles. The van der Waals surface area contributed by atoms with E-state index in [0.29, 0.717) is 41.1 Å². The summed E-state index contributed by atoms with van der Waals surface area (Å²) in [5.74, 6) is 1.03. The van der Waals surface area contributed by atoms with Crippen molar-refractivity contribution in [3.8, 4) is 0 Å².